The fourth-order valence-electron chi connectivity index (χ4n) is 6.90. The summed E-state index contributed by atoms with van der Waals surface area (Å²) in [5.74, 6) is 5.91. The summed E-state index contributed by atoms with van der Waals surface area (Å²) < 4.78 is 29.5. The highest BCUT2D eigenvalue weighted by Crippen LogP contribution is 2.48. The average Bonchev–Trinajstić information content (AvgIpc) is 3.81. The Morgan fingerprint density at radius 2 is 1.98 bits per heavy atom. The predicted molar refractivity (Wildman–Crippen MR) is 188 cm³/mol. The number of hydrogen-bond donors (Lipinski definition) is 1. The summed E-state index contributed by atoms with van der Waals surface area (Å²) in [6.45, 7) is 2.72. The van der Waals surface area contributed by atoms with Gasteiger partial charge in [-0.05, 0) is 56.9 Å². The van der Waals surface area contributed by atoms with Crippen molar-refractivity contribution in [2.75, 3.05) is 25.0 Å². The van der Waals surface area contributed by atoms with Gasteiger partial charge in [0.25, 0.3) is 12.0 Å². The maximum Gasteiger partial charge on any atom is 0.338 e. The Morgan fingerprint density at radius 1 is 1.22 bits per heavy atom. The van der Waals surface area contributed by atoms with E-state index in [2.05, 4.69) is 32.9 Å². The van der Waals surface area contributed by atoms with Crippen LogP contribution in [0.5, 0.6) is 0 Å². The summed E-state index contributed by atoms with van der Waals surface area (Å²) in [4.78, 5) is 42.9. The maximum absolute atomic E-state index is 14.0. The van der Waals surface area contributed by atoms with Crippen molar-refractivity contribution in [3.63, 3.8) is 0 Å². The van der Waals surface area contributed by atoms with Gasteiger partial charge in [0.2, 0.25) is 0 Å². The molecule has 1 aliphatic heterocycles. The molecule has 1 N–H and O–H groups in total. The molecule has 0 radical (unpaired) electrons. The van der Waals surface area contributed by atoms with Gasteiger partial charge in [0.15, 0.2) is 0 Å². The van der Waals surface area contributed by atoms with E-state index in [0.29, 0.717) is 82.3 Å². The van der Waals surface area contributed by atoms with Crippen LogP contribution in [0.25, 0.3) is 32.2 Å². The van der Waals surface area contributed by atoms with Gasteiger partial charge in [0.05, 0.1) is 45.0 Å². The standard InChI is InChI=1S/C36H30ClF2N7O3S/c1-20-43-28-18-42-32(44(2)23-8-14-45(15-9-23)36(10-11-36)35(38)39)26(17-40)29(28)33(47)46(20)13-3-4-21-5-6-22(37)16-25(21)24-7-12-41-30-27(34(48)49)19-50-31(24)30/h5-7,12,16,18-19,23,35H,8-11,13-15H2,1-2H3,(H,48,49). The molecule has 50 heavy (non-hydrogen) atoms. The van der Waals surface area contributed by atoms with Crippen molar-refractivity contribution in [2.24, 2.45) is 0 Å². The molecule has 0 bridgehead atoms. The van der Waals surface area contributed by atoms with E-state index < -0.39 is 23.5 Å². The fraction of sp³-hybridized carbons (Fsp3) is 0.333. The molecule has 0 amide bonds. The van der Waals surface area contributed by atoms with Gasteiger partial charge in [0.1, 0.15) is 23.3 Å². The third-order valence-electron chi connectivity index (χ3n) is 9.84. The Hall–Kier alpha value is -4.95. The van der Waals surface area contributed by atoms with Crippen molar-refractivity contribution in [1.29, 1.82) is 5.26 Å². The van der Waals surface area contributed by atoms with E-state index in [-0.39, 0.29) is 29.1 Å². The SMILES string of the molecule is Cc1nc2cnc(N(C)C3CCN(C4(C(F)F)CC4)CC3)c(C#N)c2c(=O)n1CC#Cc1ccc(Cl)cc1-c1ccnc2c(C(=O)O)csc12. The number of carboxylic acids is 1. The number of anilines is 1. The lowest BCUT2D eigenvalue weighted by Gasteiger charge is -2.41. The van der Waals surface area contributed by atoms with E-state index in [1.54, 1.807) is 42.8 Å². The summed E-state index contributed by atoms with van der Waals surface area (Å²) in [6.07, 6.45) is 2.96. The summed E-state index contributed by atoms with van der Waals surface area (Å²) in [5.41, 5.74) is 1.51. The third kappa shape index (κ3) is 5.75. The quantitative estimate of drug-likeness (QED) is 0.192. The molecular formula is C36H30ClF2N7O3S. The van der Waals surface area contributed by atoms with Crippen molar-refractivity contribution < 1.29 is 18.7 Å². The Morgan fingerprint density at radius 3 is 2.66 bits per heavy atom. The molecule has 14 heteroatoms. The maximum atomic E-state index is 14.0. The van der Waals surface area contributed by atoms with Gasteiger partial charge < -0.3 is 10.0 Å². The number of aromatic nitrogens is 4. The lowest BCUT2D eigenvalue weighted by atomic mass is 10.00. The smallest absolute Gasteiger partial charge is 0.338 e. The van der Waals surface area contributed by atoms with E-state index >= 15 is 0 Å². The van der Waals surface area contributed by atoms with Crippen LogP contribution in [-0.2, 0) is 6.54 Å². The topological polar surface area (TPSA) is 128 Å². The second kappa shape index (κ2) is 13.1. The van der Waals surface area contributed by atoms with Crippen LogP contribution in [0.2, 0.25) is 5.02 Å². The van der Waals surface area contributed by atoms with Crippen LogP contribution in [-0.4, -0.2) is 73.6 Å². The number of carbonyl (C=O) groups is 1. The molecule has 254 valence electrons. The minimum absolute atomic E-state index is 0.0215. The zero-order chi connectivity index (χ0) is 35.3. The van der Waals surface area contributed by atoms with Crippen molar-refractivity contribution in [3.05, 3.63) is 79.9 Å². The molecule has 5 heterocycles. The molecule has 1 aliphatic carbocycles. The van der Waals surface area contributed by atoms with Gasteiger partial charge in [0, 0.05) is 59.5 Å². The summed E-state index contributed by atoms with van der Waals surface area (Å²) in [6, 6.07) is 9.15. The summed E-state index contributed by atoms with van der Waals surface area (Å²) in [7, 11) is 1.82. The number of carboxylic acid groups (broad SMARTS) is 1. The predicted octanol–water partition coefficient (Wildman–Crippen LogP) is 6.35. The van der Waals surface area contributed by atoms with Crippen LogP contribution in [0.1, 0.15) is 53.0 Å². The van der Waals surface area contributed by atoms with Crippen LogP contribution < -0.4 is 10.5 Å². The number of thiophene rings is 1. The zero-order valence-corrected chi connectivity index (χ0v) is 28.7. The van der Waals surface area contributed by atoms with Crippen molar-refractivity contribution in [2.45, 2.75) is 57.2 Å². The summed E-state index contributed by atoms with van der Waals surface area (Å²) >= 11 is 7.65. The minimum Gasteiger partial charge on any atom is -0.478 e. The number of alkyl halides is 2. The molecule has 1 saturated carbocycles. The van der Waals surface area contributed by atoms with E-state index in [9.17, 15) is 28.7 Å². The molecule has 10 nitrogen and oxygen atoms in total. The molecule has 1 aromatic carbocycles. The Bertz CT molecular complexity index is 2350. The van der Waals surface area contributed by atoms with E-state index in [1.165, 1.54) is 22.1 Å². The number of hydrogen-bond acceptors (Lipinski definition) is 9. The van der Waals surface area contributed by atoms with Crippen molar-refractivity contribution in [3.8, 4) is 29.0 Å². The number of nitriles is 1. The first-order valence-electron chi connectivity index (χ1n) is 16.0. The molecular weight excluding hydrogens is 684 g/mol. The van der Waals surface area contributed by atoms with E-state index in [1.807, 2.05) is 16.8 Å². The number of aromatic carboxylic acids is 1. The van der Waals surface area contributed by atoms with Gasteiger partial charge >= 0.3 is 5.97 Å². The molecule has 7 rings (SSSR count). The molecule has 2 fully saturated rings. The number of benzene rings is 1. The zero-order valence-electron chi connectivity index (χ0n) is 27.1. The van der Waals surface area contributed by atoms with Gasteiger partial charge in [-0.3, -0.25) is 19.2 Å². The van der Waals surface area contributed by atoms with Crippen LogP contribution in [0.3, 0.4) is 0 Å². The van der Waals surface area contributed by atoms with E-state index in [0.717, 1.165) is 5.56 Å². The van der Waals surface area contributed by atoms with Crippen LogP contribution in [0, 0.1) is 30.1 Å². The van der Waals surface area contributed by atoms with Crippen LogP contribution >= 0.6 is 22.9 Å². The lowest BCUT2D eigenvalue weighted by Crippen LogP contribution is -2.51. The number of rotatable bonds is 7. The second-order valence-electron chi connectivity index (χ2n) is 12.6. The molecule has 0 unspecified atom stereocenters. The molecule has 5 aromatic rings. The second-order valence-corrected chi connectivity index (χ2v) is 13.9. The highest BCUT2D eigenvalue weighted by atomic mass is 35.5. The number of nitrogens with zero attached hydrogens (tertiary/aromatic N) is 7. The number of pyridine rings is 2. The molecule has 4 aromatic heterocycles. The van der Waals surface area contributed by atoms with Gasteiger partial charge in [-0.1, -0.05) is 23.4 Å². The average molecular weight is 714 g/mol. The lowest BCUT2D eigenvalue weighted by molar-refractivity contribution is -0.00324. The molecule has 0 spiro atoms. The Kier molecular flexibility index (Phi) is 8.76. The Labute approximate surface area is 294 Å². The first kappa shape index (κ1) is 33.5. The largest absolute Gasteiger partial charge is 0.478 e. The summed E-state index contributed by atoms with van der Waals surface area (Å²) in [5, 5.41) is 22.1. The number of piperidine rings is 1. The number of halogens is 3. The van der Waals surface area contributed by atoms with Gasteiger partial charge in [-0.15, -0.1) is 11.3 Å². The molecule has 1 saturated heterocycles. The minimum atomic E-state index is -2.37. The number of fused-ring (bicyclic) bond motifs is 2. The van der Waals surface area contributed by atoms with Crippen molar-refractivity contribution in [1.82, 2.24) is 24.4 Å². The van der Waals surface area contributed by atoms with Crippen LogP contribution in [0.4, 0.5) is 14.6 Å². The van der Waals surface area contributed by atoms with Crippen molar-refractivity contribution >= 4 is 55.8 Å². The highest BCUT2D eigenvalue weighted by Gasteiger charge is 2.56. The third-order valence-corrected chi connectivity index (χ3v) is 11.1. The highest BCUT2D eigenvalue weighted by molar-refractivity contribution is 7.18. The monoisotopic (exact) mass is 713 g/mol. The number of likely N-dealkylation sites (tertiary alicyclic amines) is 1. The molecule has 0 atom stereocenters. The van der Waals surface area contributed by atoms with Crippen LogP contribution in [0.15, 0.2) is 46.8 Å². The Balaban J connectivity index is 1.19. The number of aryl methyl sites for hydroxylation is 1. The van der Waals surface area contributed by atoms with Gasteiger partial charge in [-0.2, -0.15) is 5.26 Å². The first-order valence-corrected chi connectivity index (χ1v) is 17.2. The van der Waals surface area contributed by atoms with Gasteiger partial charge in [-0.25, -0.2) is 23.5 Å². The van der Waals surface area contributed by atoms with E-state index in [4.69, 9.17) is 11.6 Å². The first-order chi connectivity index (χ1) is 24.0. The fourth-order valence-corrected chi connectivity index (χ4v) is 8.10. The normalized spacial score (nSPS) is 15.9. The molecule has 2 aliphatic rings.